The van der Waals surface area contributed by atoms with E-state index >= 15 is 0 Å². The van der Waals surface area contributed by atoms with Crippen molar-refractivity contribution in [2.24, 2.45) is 0 Å². The van der Waals surface area contributed by atoms with Crippen LogP contribution < -0.4 is 20.7 Å². The van der Waals surface area contributed by atoms with Crippen molar-refractivity contribution in [3.05, 3.63) is 84.4 Å². The number of hydrogen-bond donors (Lipinski definition) is 3. The van der Waals surface area contributed by atoms with E-state index in [0.29, 0.717) is 22.1 Å². The quantitative estimate of drug-likeness (QED) is 0.560. The Kier molecular flexibility index (Phi) is 6.02. The Labute approximate surface area is 163 Å². The number of rotatable bonds is 5. The van der Waals surface area contributed by atoms with Crippen LogP contribution in [0, 0.1) is 0 Å². The molecule has 0 saturated carbocycles. The summed E-state index contributed by atoms with van der Waals surface area (Å²) in [5.74, 6) is 0.498. The second-order valence-corrected chi connectivity index (χ2v) is 6.08. The van der Waals surface area contributed by atoms with Crippen molar-refractivity contribution in [1.29, 1.82) is 0 Å². The van der Waals surface area contributed by atoms with Gasteiger partial charge in [0.05, 0.1) is 18.4 Å². The largest absolute Gasteiger partial charge is 0.497 e. The van der Waals surface area contributed by atoms with Crippen LogP contribution >= 0.6 is 12.2 Å². The van der Waals surface area contributed by atoms with Gasteiger partial charge < -0.3 is 20.7 Å². The van der Waals surface area contributed by atoms with Crippen molar-refractivity contribution >= 4 is 40.3 Å². The van der Waals surface area contributed by atoms with Crippen LogP contribution in [0.3, 0.4) is 0 Å². The molecule has 0 saturated heterocycles. The zero-order valence-corrected chi connectivity index (χ0v) is 15.5. The fourth-order valence-corrected chi connectivity index (χ4v) is 2.70. The van der Waals surface area contributed by atoms with E-state index in [9.17, 15) is 4.79 Å². The number of para-hydroxylation sites is 2. The molecule has 0 aliphatic carbocycles. The van der Waals surface area contributed by atoms with Crippen LogP contribution in [0.4, 0.5) is 17.1 Å². The minimum atomic E-state index is -0.231. The number of ether oxygens (including phenoxy) is 1. The van der Waals surface area contributed by atoms with Crippen LogP contribution in [-0.4, -0.2) is 18.1 Å². The molecule has 0 aromatic heterocycles. The maximum Gasteiger partial charge on any atom is 0.257 e. The lowest BCUT2D eigenvalue weighted by Gasteiger charge is -2.14. The molecule has 0 atom stereocenters. The zero-order valence-electron chi connectivity index (χ0n) is 14.7. The molecule has 0 aliphatic heterocycles. The predicted molar refractivity (Wildman–Crippen MR) is 114 cm³/mol. The second kappa shape index (κ2) is 8.82. The highest BCUT2D eigenvalue weighted by molar-refractivity contribution is 7.80. The number of carbonyl (C=O) groups is 1. The van der Waals surface area contributed by atoms with E-state index in [2.05, 4.69) is 16.0 Å². The van der Waals surface area contributed by atoms with Crippen LogP contribution in [-0.2, 0) is 0 Å². The van der Waals surface area contributed by atoms with E-state index in [4.69, 9.17) is 17.0 Å². The van der Waals surface area contributed by atoms with Crippen LogP contribution in [0.15, 0.2) is 78.9 Å². The van der Waals surface area contributed by atoms with Crippen molar-refractivity contribution in [2.75, 3.05) is 23.1 Å². The Morgan fingerprint density at radius 3 is 2.11 bits per heavy atom. The number of benzene rings is 3. The number of carbonyl (C=O) groups excluding carboxylic acids is 1. The average molecular weight is 377 g/mol. The van der Waals surface area contributed by atoms with E-state index in [1.165, 1.54) is 0 Å². The molecule has 3 rings (SSSR count). The summed E-state index contributed by atoms with van der Waals surface area (Å²) in [7, 11) is 1.60. The van der Waals surface area contributed by atoms with E-state index in [-0.39, 0.29) is 5.91 Å². The molecule has 0 bridgehead atoms. The monoisotopic (exact) mass is 377 g/mol. The van der Waals surface area contributed by atoms with Crippen molar-refractivity contribution in [3.8, 4) is 5.75 Å². The number of anilines is 3. The van der Waals surface area contributed by atoms with Crippen molar-refractivity contribution in [1.82, 2.24) is 0 Å². The molecule has 136 valence electrons. The predicted octanol–water partition coefficient (Wildman–Crippen LogP) is 4.76. The first kappa shape index (κ1) is 18.4. The molecule has 27 heavy (non-hydrogen) atoms. The molecule has 1 amide bonds. The molecule has 0 unspecified atom stereocenters. The molecular weight excluding hydrogens is 358 g/mol. The van der Waals surface area contributed by atoms with Gasteiger partial charge in [0.15, 0.2) is 5.11 Å². The number of thiocarbonyl (C=S) groups is 1. The van der Waals surface area contributed by atoms with Gasteiger partial charge in [-0.1, -0.05) is 30.3 Å². The van der Waals surface area contributed by atoms with Crippen molar-refractivity contribution in [3.63, 3.8) is 0 Å². The van der Waals surface area contributed by atoms with Gasteiger partial charge in [0, 0.05) is 11.4 Å². The molecule has 0 fully saturated rings. The molecule has 0 aliphatic rings. The van der Waals surface area contributed by atoms with E-state index in [1.807, 2.05) is 48.5 Å². The fourth-order valence-electron chi connectivity index (χ4n) is 2.47. The first-order chi connectivity index (χ1) is 13.2. The van der Waals surface area contributed by atoms with E-state index < -0.39 is 0 Å². The minimum absolute atomic E-state index is 0.231. The SMILES string of the molecule is COc1ccc(NC(=O)c2ccccc2NC(=S)Nc2ccccc2)cc1. The van der Waals surface area contributed by atoms with Crippen LogP contribution in [0.25, 0.3) is 0 Å². The maximum absolute atomic E-state index is 12.7. The first-order valence-electron chi connectivity index (χ1n) is 8.33. The Morgan fingerprint density at radius 1 is 0.778 bits per heavy atom. The smallest absolute Gasteiger partial charge is 0.257 e. The summed E-state index contributed by atoms with van der Waals surface area (Å²) in [6, 6.07) is 23.9. The third kappa shape index (κ3) is 5.05. The lowest BCUT2D eigenvalue weighted by molar-refractivity contribution is 0.102. The minimum Gasteiger partial charge on any atom is -0.497 e. The van der Waals surface area contributed by atoms with Gasteiger partial charge in [-0.05, 0) is 60.7 Å². The first-order valence-corrected chi connectivity index (χ1v) is 8.74. The Bertz CT molecular complexity index is 928. The summed E-state index contributed by atoms with van der Waals surface area (Å²) < 4.78 is 5.13. The van der Waals surface area contributed by atoms with Gasteiger partial charge in [0.1, 0.15) is 5.75 Å². The fraction of sp³-hybridized carbons (Fsp3) is 0.0476. The molecular formula is C21H19N3O2S. The molecule has 0 spiro atoms. The Hall–Kier alpha value is -3.38. The molecule has 6 heteroatoms. The summed E-state index contributed by atoms with van der Waals surface area (Å²) >= 11 is 5.35. The van der Waals surface area contributed by atoms with Gasteiger partial charge in [-0.2, -0.15) is 0 Å². The van der Waals surface area contributed by atoms with Gasteiger partial charge in [0.25, 0.3) is 5.91 Å². The Balaban J connectivity index is 1.70. The topological polar surface area (TPSA) is 62.4 Å². The van der Waals surface area contributed by atoms with Crippen LogP contribution in [0.5, 0.6) is 5.75 Å². The summed E-state index contributed by atoms with van der Waals surface area (Å²) in [5, 5.41) is 9.46. The van der Waals surface area contributed by atoms with Gasteiger partial charge in [-0.15, -0.1) is 0 Å². The lowest BCUT2D eigenvalue weighted by Crippen LogP contribution is -2.22. The highest BCUT2D eigenvalue weighted by Gasteiger charge is 2.12. The average Bonchev–Trinajstić information content (AvgIpc) is 2.69. The second-order valence-electron chi connectivity index (χ2n) is 5.67. The molecule has 3 aromatic rings. The van der Waals surface area contributed by atoms with Crippen molar-refractivity contribution in [2.45, 2.75) is 0 Å². The zero-order chi connectivity index (χ0) is 19.1. The highest BCUT2D eigenvalue weighted by Crippen LogP contribution is 2.20. The third-order valence-electron chi connectivity index (χ3n) is 3.80. The molecule has 0 heterocycles. The number of methoxy groups -OCH3 is 1. The molecule has 3 N–H and O–H groups in total. The van der Waals surface area contributed by atoms with Gasteiger partial charge in [-0.25, -0.2) is 0 Å². The summed E-state index contributed by atoms with van der Waals surface area (Å²) in [5.41, 5.74) is 2.67. The van der Waals surface area contributed by atoms with Crippen LogP contribution in [0.2, 0.25) is 0 Å². The highest BCUT2D eigenvalue weighted by atomic mass is 32.1. The van der Waals surface area contributed by atoms with Crippen molar-refractivity contribution < 1.29 is 9.53 Å². The summed E-state index contributed by atoms with van der Waals surface area (Å²) in [6.45, 7) is 0. The number of amides is 1. The summed E-state index contributed by atoms with van der Waals surface area (Å²) in [4.78, 5) is 12.7. The van der Waals surface area contributed by atoms with Gasteiger partial charge in [-0.3, -0.25) is 4.79 Å². The molecule has 5 nitrogen and oxygen atoms in total. The maximum atomic E-state index is 12.7. The van der Waals surface area contributed by atoms with Gasteiger partial charge in [0.2, 0.25) is 0 Å². The molecule has 0 radical (unpaired) electrons. The Morgan fingerprint density at radius 2 is 1.41 bits per heavy atom. The van der Waals surface area contributed by atoms with Crippen LogP contribution in [0.1, 0.15) is 10.4 Å². The number of nitrogens with one attached hydrogen (secondary N) is 3. The van der Waals surface area contributed by atoms with E-state index in [1.54, 1.807) is 37.4 Å². The summed E-state index contributed by atoms with van der Waals surface area (Å²) in [6.07, 6.45) is 0. The van der Waals surface area contributed by atoms with Gasteiger partial charge >= 0.3 is 0 Å². The standard InChI is InChI=1S/C21H19N3O2S/c1-26-17-13-11-16(12-14-17)22-20(25)18-9-5-6-10-19(18)24-21(27)23-15-7-3-2-4-8-15/h2-14H,1H3,(H,22,25)(H2,23,24,27). The number of hydrogen-bond acceptors (Lipinski definition) is 3. The lowest BCUT2D eigenvalue weighted by atomic mass is 10.1. The normalized spacial score (nSPS) is 9.96. The molecule has 3 aromatic carbocycles. The van der Waals surface area contributed by atoms with E-state index in [0.717, 1.165) is 11.4 Å². The third-order valence-corrected chi connectivity index (χ3v) is 4.00.